The molecule has 2 aromatic rings. The van der Waals surface area contributed by atoms with Crippen LogP contribution in [0.3, 0.4) is 0 Å². The van der Waals surface area contributed by atoms with Crippen LogP contribution >= 0.6 is 0 Å². The smallest absolute Gasteiger partial charge is 0.256 e. The van der Waals surface area contributed by atoms with E-state index >= 15 is 0 Å². The molecule has 1 aliphatic rings. The van der Waals surface area contributed by atoms with Gasteiger partial charge >= 0.3 is 0 Å². The van der Waals surface area contributed by atoms with Crippen LogP contribution < -0.4 is 0 Å². The minimum absolute atomic E-state index is 0.0305. The quantitative estimate of drug-likeness (QED) is 0.808. The van der Waals surface area contributed by atoms with Crippen molar-refractivity contribution >= 4 is 17.1 Å². The number of hydrogen-bond donors (Lipinski definition) is 0. The van der Waals surface area contributed by atoms with E-state index in [9.17, 15) is 4.79 Å². The Labute approximate surface area is 128 Å². The van der Waals surface area contributed by atoms with E-state index in [1.165, 1.54) is 0 Å². The summed E-state index contributed by atoms with van der Waals surface area (Å²) in [7, 11) is 3.38. The summed E-state index contributed by atoms with van der Waals surface area (Å²) < 4.78 is 12.5. The van der Waals surface area contributed by atoms with Crippen LogP contribution in [0.4, 0.5) is 0 Å². The molecule has 3 heterocycles. The predicted octanol–water partition coefficient (Wildman–Crippen LogP) is 0.239. The lowest BCUT2D eigenvalue weighted by Gasteiger charge is -2.36. The van der Waals surface area contributed by atoms with Gasteiger partial charge in [-0.15, -0.1) is 5.10 Å². The molecule has 2 aromatic heterocycles. The van der Waals surface area contributed by atoms with Crippen molar-refractivity contribution in [3.05, 3.63) is 17.8 Å². The molecule has 22 heavy (non-hydrogen) atoms. The Bertz CT molecular complexity index is 686. The number of morpholine rings is 1. The molecule has 3 rings (SSSR count). The number of aromatic nitrogens is 4. The maximum Gasteiger partial charge on any atom is 0.256 e. The summed E-state index contributed by atoms with van der Waals surface area (Å²) in [5.74, 6) is -0.0795. The van der Waals surface area contributed by atoms with Crippen LogP contribution in [0, 0.1) is 0 Å². The zero-order valence-electron chi connectivity index (χ0n) is 12.9. The highest BCUT2D eigenvalue weighted by molar-refractivity contribution is 6.03. The third-order valence-corrected chi connectivity index (χ3v) is 3.69. The van der Waals surface area contributed by atoms with Crippen molar-refractivity contribution in [2.45, 2.75) is 19.1 Å². The number of carbonyl (C=O) groups excluding carboxylic acids is 1. The molecule has 0 saturated carbocycles. The number of nitrogens with zero attached hydrogens (tertiary/aromatic N) is 5. The number of carbonyl (C=O) groups is 1. The van der Waals surface area contributed by atoms with Crippen molar-refractivity contribution in [1.29, 1.82) is 0 Å². The number of ether oxygens (including phenoxy) is 2. The van der Waals surface area contributed by atoms with Crippen LogP contribution in [-0.4, -0.2) is 69.8 Å². The first-order valence-electron chi connectivity index (χ1n) is 7.18. The maximum absolute atomic E-state index is 12.8. The molecule has 0 bridgehead atoms. The predicted molar refractivity (Wildman–Crippen MR) is 78.4 cm³/mol. The van der Waals surface area contributed by atoms with Gasteiger partial charge in [-0.2, -0.15) is 0 Å². The average molecular weight is 305 g/mol. The van der Waals surface area contributed by atoms with E-state index in [1.54, 1.807) is 36.0 Å². The van der Waals surface area contributed by atoms with Crippen molar-refractivity contribution < 1.29 is 14.3 Å². The van der Waals surface area contributed by atoms with E-state index in [0.717, 1.165) is 0 Å². The summed E-state index contributed by atoms with van der Waals surface area (Å²) in [6.07, 6.45) is 1.46. The lowest BCUT2D eigenvalue weighted by Crippen LogP contribution is -2.50. The van der Waals surface area contributed by atoms with E-state index in [4.69, 9.17) is 9.47 Å². The van der Waals surface area contributed by atoms with Gasteiger partial charge in [-0.1, -0.05) is 5.21 Å². The van der Waals surface area contributed by atoms with Gasteiger partial charge in [0, 0.05) is 33.4 Å². The van der Waals surface area contributed by atoms with Crippen molar-refractivity contribution in [2.24, 2.45) is 7.05 Å². The first-order chi connectivity index (χ1) is 10.6. The van der Waals surface area contributed by atoms with Gasteiger partial charge in [0.2, 0.25) is 0 Å². The Hall–Kier alpha value is -2.06. The molecule has 1 aliphatic heterocycles. The second kappa shape index (κ2) is 5.98. The van der Waals surface area contributed by atoms with Crippen LogP contribution in [0.15, 0.2) is 12.3 Å². The zero-order valence-corrected chi connectivity index (χ0v) is 12.9. The molecule has 118 valence electrons. The highest BCUT2D eigenvalue weighted by Crippen LogP contribution is 2.19. The molecule has 1 saturated heterocycles. The Morgan fingerprint density at radius 1 is 1.50 bits per heavy atom. The largest absolute Gasteiger partial charge is 0.382 e. The van der Waals surface area contributed by atoms with Crippen molar-refractivity contribution in [1.82, 2.24) is 24.9 Å². The van der Waals surface area contributed by atoms with E-state index < -0.39 is 0 Å². The molecular weight excluding hydrogens is 286 g/mol. The minimum Gasteiger partial charge on any atom is -0.382 e. The van der Waals surface area contributed by atoms with Gasteiger partial charge in [0.25, 0.3) is 5.91 Å². The lowest BCUT2D eigenvalue weighted by molar-refractivity contribution is -0.0918. The average Bonchev–Trinajstić information content (AvgIpc) is 2.88. The number of rotatable bonds is 3. The van der Waals surface area contributed by atoms with Gasteiger partial charge in [0.05, 0.1) is 24.4 Å². The normalized spacial score (nSPS) is 22.2. The molecule has 0 spiro atoms. The van der Waals surface area contributed by atoms with Gasteiger partial charge < -0.3 is 14.4 Å². The minimum atomic E-state index is -0.114. The second-order valence-corrected chi connectivity index (χ2v) is 5.48. The number of hydrogen-bond acceptors (Lipinski definition) is 6. The van der Waals surface area contributed by atoms with Gasteiger partial charge in [-0.3, -0.25) is 4.79 Å². The van der Waals surface area contributed by atoms with E-state index in [-0.39, 0.29) is 18.1 Å². The van der Waals surface area contributed by atoms with E-state index in [2.05, 4.69) is 15.3 Å². The van der Waals surface area contributed by atoms with Crippen molar-refractivity contribution in [3.63, 3.8) is 0 Å². The molecular formula is C14H19N5O3. The fraction of sp³-hybridized carbons (Fsp3) is 0.571. The van der Waals surface area contributed by atoms with Crippen molar-refractivity contribution in [3.8, 4) is 0 Å². The van der Waals surface area contributed by atoms with Crippen LogP contribution in [-0.2, 0) is 16.5 Å². The van der Waals surface area contributed by atoms with Crippen LogP contribution in [0.5, 0.6) is 0 Å². The number of methoxy groups -OCH3 is 1. The van der Waals surface area contributed by atoms with Gasteiger partial charge in [0.15, 0.2) is 5.65 Å². The Morgan fingerprint density at radius 3 is 3.09 bits per heavy atom. The molecule has 1 amide bonds. The SMILES string of the molecule is COCC1CN(C(=O)c2ccnc3c2nnn3C)CC(C)O1. The van der Waals surface area contributed by atoms with Crippen LogP contribution in [0.2, 0.25) is 0 Å². The number of amides is 1. The van der Waals surface area contributed by atoms with Crippen molar-refractivity contribution in [2.75, 3.05) is 26.8 Å². The topological polar surface area (TPSA) is 82.4 Å². The molecule has 0 aliphatic carbocycles. The third kappa shape index (κ3) is 2.67. The fourth-order valence-electron chi connectivity index (χ4n) is 2.76. The van der Waals surface area contributed by atoms with Crippen LogP contribution in [0.1, 0.15) is 17.3 Å². The van der Waals surface area contributed by atoms with Gasteiger partial charge in [-0.05, 0) is 13.0 Å². The molecule has 0 aromatic carbocycles. The van der Waals surface area contributed by atoms with Crippen LogP contribution in [0.25, 0.3) is 11.2 Å². The summed E-state index contributed by atoms with van der Waals surface area (Å²) in [5, 5.41) is 7.99. The summed E-state index contributed by atoms with van der Waals surface area (Å²) in [6, 6.07) is 1.69. The highest BCUT2D eigenvalue weighted by Gasteiger charge is 2.30. The molecule has 0 radical (unpaired) electrons. The van der Waals surface area contributed by atoms with Gasteiger partial charge in [-0.25, -0.2) is 9.67 Å². The van der Waals surface area contributed by atoms with E-state index in [1.807, 2.05) is 6.92 Å². The monoisotopic (exact) mass is 305 g/mol. The summed E-state index contributed by atoms with van der Waals surface area (Å²) >= 11 is 0. The molecule has 1 fully saturated rings. The standard InChI is InChI=1S/C14H19N5O3/c1-9-6-19(7-10(22-9)8-21-3)14(20)11-4-5-15-13-12(11)16-17-18(13)2/h4-5,9-10H,6-8H2,1-3H3. The van der Waals surface area contributed by atoms with Gasteiger partial charge in [0.1, 0.15) is 5.52 Å². The third-order valence-electron chi connectivity index (χ3n) is 3.69. The summed E-state index contributed by atoms with van der Waals surface area (Å²) in [5.41, 5.74) is 1.64. The number of aryl methyl sites for hydroxylation is 1. The fourth-order valence-corrected chi connectivity index (χ4v) is 2.76. The highest BCUT2D eigenvalue weighted by atomic mass is 16.5. The number of pyridine rings is 1. The summed E-state index contributed by atoms with van der Waals surface area (Å²) in [6.45, 7) is 3.46. The lowest BCUT2D eigenvalue weighted by atomic mass is 10.1. The zero-order chi connectivity index (χ0) is 15.7. The molecule has 2 atom stereocenters. The van der Waals surface area contributed by atoms with E-state index in [0.29, 0.717) is 36.4 Å². The Morgan fingerprint density at radius 2 is 2.32 bits per heavy atom. The maximum atomic E-state index is 12.8. The molecule has 2 unspecified atom stereocenters. The number of fused-ring (bicyclic) bond motifs is 1. The second-order valence-electron chi connectivity index (χ2n) is 5.48. The Kier molecular flexibility index (Phi) is 4.04. The first-order valence-corrected chi connectivity index (χ1v) is 7.18. The molecule has 8 nitrogen and oxygen atoms in total. The molecule has 8 heteroatoms. The first kappa shape index (κ1) is 14.9. The molecule has 0 N–H and O–H groups in total. The summed E-state index contributed by atoms with van der Waals surface area (Å²) in [4.78, 5) is 18.8. The Balaban J connectivity index is 1.88.